The average Bonchev–Trinajstić information content (AvgIpc) is 2.18. The lowest BCUT2D eigenvalue weighted by Crippen LogP contribution is -2.02. The normalized spacial score (nSPS) is 33.6. The summed E-state index contributed by atoms with van der Waals surface area (Å²) in [6.45, 7) is 4.59. The highest BCUT2D eigenvalue weighted by Gasteiger charge is 2.16. The number of rotatable bonds is 2. The second kappa shape index (κ2) is 3.05. The van der Waals surface area contributed by atoms with Gasteiger partial charge in [0.05, 0.1) is 0 Å². The van der Waals surface area contributed by atoms with Crippen LogP contribution in [0, 0.1) is 11.8 Å². The van der Waals surface area contributed by atoms with Crippen LogP contribution in [0.1, 0.15) is 33.1 Å². The number of hydrogen-bond acceptors (Lipinski definition) is 0. The fourth-order valence-corrected chi connectivity index (χ4v) is 1.59. The van der Waals surface area contributed by atoms with Crippen molar-refractivity contribution in [1.82, 2.24) is 0 Å². The van der Waals surface area contributed by atoms with Gasteiger partial charge in [0.15, 0.2) is 0 Å². The van der Waals surface area contributed by atoms with Gasteiger partial charge in [0, 0.05) is 0 Å². The summed E-state index contributed by atoms with van der Waals surface area (Å²) in [6.07, 6.45) is 8.76. The van der Waals surface area contributed by atoms with Gasteiger partial charge in [0.1, 0.15) is 0 Å². The van der Waals surface area contributed by atoms with Gasteiger partial charge in [-0.05, 0) is 24.7 Å². The summed E-state index contributed by atoms with van der Waals surface area (Å²) in [5, 5.41) is 0. The van der Waals surface area contributed by atoms with Crippen molar-refractivity contribution < 1.29 is 0 Å². The Hall–Kier alpha value is -0.260. The van der Waals surface area contributed by atoms with Crippen molar-refractivity contribution in [2.24, 2.45) is 11.8 Å². The smallest absolute Gasteiger partial charge is 0.0231 e. The van der Waals surface area contributed by atoms with Gasteiger partial charge >= 0.3 is 0 Å². The van der Waals surface area contributed by atoms with E-state index in [9.17, 15) is 0 Å². The molecule has 52 valence electrons. The van der Waals surface area contributed by atoms with E-state index in [1.807, 2.05) is 0 Å². The maximum Gasteiger partial charge on any atom is -0.0231 e. The fourth-order valence-electron chi connectivity index (χ4n) is 1.59. The Morgan fingerprint density at radius 1 is 1.56 bits per heavy atom. The quantitative estimate of drug-likeness (QED) is 0.496. The number of hydrogen-bond donors (Lipinski definition) is 0. The monoisotopic (exact) mass is 124 g/mol. The van der Waals surface area contributed by atoms with Crippen LogP contribution in [0.5, 0.6) is 0 Å². The molecule has 0 N–H and O–H groups in total. The third-order valence-corrected chi connectivity index (χ3v) is 2.28. The maximum atomic E-state index is 2.35. The zero-order valence-electron chi connectivity index (χ0n) is 6.43. The molecule has 0 aliphatic heterocycles. The standard InChI is InChI=1S/C9H16/c1-3-5-9-7-4-6-8(9)2/h4,6,8-9H,3,5,7H2,1-2H3. The Morgan fingerprint density at radius 2 is 2.33 bits per heavy atom. The van der Waals surface area contributed by atoms with Gasteiger partial charge < -0.3 is 0 Å². The van der Waals surface area contributed by atoms with Gasteiger partial charge in [-0.15, -0.1) is 0 Å². The molecule has 1 aliphatic carbocycles. The Kier molecular flexibility index (Phi) is 2.32. The molecular formula is C9H16. The van der Waals surface area contributed by atoms with Crippen molar-refractivity contribution in [3.05, 3.63) is 12.2 Å². The van der Waals surface area contributed by atoms with Crippen LogP contribution in [0.25, 0.3) is 0 Å². The van der Waals surface area contributed by atoms with E-state index in [-0.39, 0.29) is 0 Å². The molecule has 0 amide bonds. The van der Waals surface area contributed by atoms with Crippen molar-refractivity contribution in [3.8, 4) is 0 Å². The summed E-state index contributed by atoms with van der Waals surface area (Å²) in [5.74, 6) is 1.82. The summed E-state index contributed by atoms with van der Waals surface area (Å²) in [5.41, 5.74) is 0. The molecule has 0 bridgehead atoms. The zero-order chi connectivity index (χ0) is 6.69. The Balaban J connectivity index is 2.28. The minimum Gasteiger partial charge on any atom is -0.0880 e. The summed E-state index contributed by atoms with van der Waals surface area (Å²) in [6, 6.07) is 0. The number of allylic oxidation sites excluding steroid dienone is 2. The van der Waals surface area contributed by atoms with E-state index in [4.69, 9.17) is 0 Å². The van der Waals surface area contributed by atoms with E-state index in [2.05, 4.69) is 26.0 Å². The van der Waals surface area contributed by atoms with Crippen molar-refractivity contribution in [2.75, 3.05) is 0 Å². The fraction of sp³-hybridized carbons (Fsp3) is 0.778. The Labute approximate surface area is 58.0 Å². The second-order valence-electron chi connectivity index (χ2n) is 3.07. The first kappa shape index (κ1) is 6.85. The van der Waals surface area contributed by atoms with Crippen LogP contribution in [0.4, 0.5) is 0 Å². The van der Waals surface area contributed by atoms with Crippen LogP contribution >= 0.6 is 0 Å². The lowest BCUT2D eigenvalue weighted by atomic mass is 9.93. The lowest BCUT2D eigenvalue weighted by molar-refractivity contribution is 0.416. The van der Waals surface area contributed by atoms with Gasteiger partial charge in [-0.3, -0.25) is 0 Å². The van der Waals surface area contributed by atoms with Gasteiger partial charge in [-0.2, -0.15) is 0 Å². The summed E-state index contributed by atoms with van der Waals surface area (Å²) in [7, 11) is 0. The minimum absolute atomic E-state index is 0.852. The molecule has 0 aromatic carbocycles. The molecule has 0 saturated heterocycles. The third-order valence-electron chi connectivity index (χ3n) is 2.28. The first-order valence-electron chi connectivity index (χ1n) is 4.01. The van der Waals surface area contributed by atoms with Gasteiger partial charge in [0.25, 0.3) is 0 Å². The molecular weight excluding hydrogens is 108 g/mol. The van der Waals surface area contributed by atoms with Crippen LogP contribution in [0.15, 0.2) is 12.2 Å². The average molecular weight is 124 g/mol. The highest BCUT2D eigenvalue weighted by atomic mass is 14.2. The molecule has 9 heavy (non-hydrogen) atoms. The molecule has 1 rings (SSSR count). The van der Waals surface area contributed by atoms with E-state index in [0.29, 0.717) is 0 Å². The molecule has 0 heterocycles. The van der Waals surface area contributed by atoms with Crippen LogP contribution in [0.2, 0.25) is 0 Å². The third kappa shape index (κ3) is 1.57. The van der Waals surface area contributed by atoms with E-state index in [0.717, 1.165) is 11.8 Å². The Morgan fingerprint density at radius 3 is 2.78 bits per heavy atom. The van der Waals surface area contributed by atoms with E-state index >= 15 is 0 Å². The zero-order valence-corrected chi connectivity index (χ0v) is 6.43. The van der Waals surface area contributed by atoms with Gasteiger partial charge in [-0.25, -0.2) is 0 Å². The highest BCUT2D eigenvalue weighted by molar-refractivity contribution is 4.98. The van der Waals surface area contributed by atoms with E-state index < -0.39 is 0 Å². The first-order chi connectivity index (χ1) is 4.34. The van der Waals surface area contributed by atoms with Gasteiger partial charge in [0.2, 0.25) is 0 Å². The molecule has 2 unspecified atom stereocenters. The van der Waals surface area contributed by atoms with Crippen molar-refractivity contribution in [3.63, 3.8) is 0 Å². The topological polar surface area (TPSA) is 0 Å². The second-order valence-corrected chi connectivity index (χ2v) is 3.07. The van der Waals surface area contributed by atoms with Gasteiger partial charge in [-0.1, -0.05) is 32.4 Å². The van der Waals surface area contributed by atoms with Crippen LogP contribution in [-0.2, 0) is 0 Å². The van der Waals surface area contributed by atoms with Crippen LogP contribution in [0.3, 0.4) is 0 Å². The molecule has 0 aromatic rings. The summed E-state index contributed by atoms with van der Waals surface area (Å²) in [4.78, 5) is 0. The lowest BCUT2D eigenvalue weighted by Gasteiger charge is -2.12. The molecule has 0 aromatic heterocycles. The maximum absolute atomic E-state index is 2.35. The predicted octanol–water partition coefficient (Wildman–Crippen LogP) is 3.00. The minimum atomic E-state index is 0.852. The molecule has 0 nitrogen and oxygen atoms in total. The largest absolute Gasteiger partial charge is 0.0880 e. The van der Waals surface area contributed by atoms with E-state index in [1.54, 1.807) is 0 Å². The summed E-state index contributed by atoms with van der Waals surface area (Å²) < 4.78 is 0. The molecule has 1 aliphatic rings. The molecule has 0 radical (unpaired) electrons. The van der Waals surface area contributed by atoms with Crippen LogP contribution < -0.4 is 0 Å². The molecule has 0 saturated carbocycles. The highest BCUT2D eigenvalue weighted by Crippen LogP contribution is 2.28. The SMILES string of the molecule is CCCC1CC=CC1C. The van der Waals surface area contributed by atoms with Crippen molar-refractivity contribution >= 4 is 0 Å². The van der Waals surface area contributed by atoms with Crippen LogP contribution in [-0.4, -0.2) is 0 Å². The molecule has 0 fully saturated rings. The molecule has 0 spiro atoms. The van der Waals surface area contributed by atoms with Crippen molar-refractivity contribution in [2.45, 2.75) is 33.1 Å². The Bertz CT molecular complexity index is 103. The molecule has 0 heteroatoms. The first-order valence-corrected chi connectivity index (χ1v) is 4.01. The van der Waals surface area contributed by atoms with Crippen molar-refractivity contribution in [1.29, 1.82) is 0 Å². The molecule has 2 atom stereocenters. The van der Waals surface area contributed by atoms with E-state index in [1.165, 1.54) is 19.3 Å². The summed E-state index contributed by atoms with van der Waals surface area (Å²) >= 11 is 0. The predicted molar refractivity (Wildman–Crippen MR) is 41.3 cm³/mol.